The number of carbonyl (C=O) groups excluding carboxylic acids is 1. The van der Waals surface area contributed by atoms with Gasteiger partial charge < -0.3 is 4.98 Å². The Morgan fingerprint density at radius 3 is 2.83 bits per heavy atom. The van der Waals surface area contributed by atoms with E-state index in [4.69, 9.17) is 0 Å². The summed E-state index contributed by atoms with van der Waals surface area (Å²) in [6, 6.07) is 17.6. The van der Waals surface area contributed by atoms with Crippen LogP contribution < -0.4 is 0 Å². The van der Waals surface area contributed by atoms with Gasteiger partial charge in [0, 0.05) is 33.7 Å². The van der Waals surface area contributed by atoms with Crippen molar-refractivity contribution in [2.45, 2.75) is 6.92 Å². The van der Waals surface area contributed by atoms with E-state index in [0.717, 1.165) is 33.1 Å². The van der Waals surface area contributed by atoms with Crippen LogP contribution in [0.2, 0.25) is 0 Å². The zero-order valence-corrected chi connectivity index (χ0v) is 13.3. The van der Waals surface area contributed by atoms with Crippen LogP contribution in [0.5, 0.6) is 0 Å². The Balaban J connectivity index is 1.76. The third-order valence-corrected chi connectivity index (χ3v) is 4.15. The first-order chi connectivity index (χ1) is 11.7. The minimum Gasteiger partial charge on any atom is -0.361 e. The van der Waals surface area contributed by atoms with Crippen molar-refractivity contribution in [3.63, 3.8) is 0 Å². The summed E-state index contributed by atoms with van der Waals surface area (Å²) in [7, 11) is 0. The van der Waals surface area contributed by atoms with Crippen molar-refractivity contribution in [1.29, 1.82) is 0 Å². The van der Waals surface area contributed by atoms with Crippen molar-refractivity contribution < 1.29 is 4.79 Å². The number of pyridine rings is 1. The fourth-order valence-corrected chi connectivity index (χ4v) is 3.02. The van der Waals surface area contributed by atoms with Gasteiger partial charge in [0.25, 0.3) is 0 Å². The molecular weight excluding hydrogens is 296 g/mol. The molecular formula is C21H16N2O. The average molecular weight is 312 g/mol. The molecule has 0 radical (unpaired) electrons. The fourth-order valence-electron chi connectivity index (χ4n) is 3.02. The summed E-state index contributed by atoms with van der Waals surface area (Å²) in [5.41, 5.74) is 4.47. The minimum atomic E-state index is -0.00996. The SMILES string of the molecule is Cc1cc(C(=O)/C=C/c2cccc3[nH]ccc23)c2ccccc2n1. The van der Waals surface area contributed by atoms with Gasteiger partial charge in [0.05, 0.1) is 5.52 Å². The Morgan fingerprint density at radius 2 is 1.92 bits per heavy atom. The van der Waals surface area contributed by atoms with Gasteiger partial charge in [-0.25, -0.2) is 0 Å². The molecule has 0 saturated heterocycles. The van der Waals surface area contributed by atoms with Crippen molar-refractivity contribution in [3.8, 4) is 0 Å². The number of nitrogens with one attached hydrogen (secondary N) is 1. The highest BCUT2D eigenvalue weighted by Gasteiger charge is 2.09. The second kappa shape index (κ2) is 5.78. The molecule has 0 spiro atoms. The first-order valence-electron chi connectivity index (χ1n) is 7.87. The number of nitrogens with zero attached hydrogens (tertiary/aromatic N) is 1. The molecule has 24 heavy (non-hydrogen) atoms. The monoisotopic (exact) mass is 312 g/mol. The molecule has 1 N–H and O–H groups in total. The van der Waals surface area contributed by atoms with Crippen LogP contribution in [0, 0.1) is 6.92 Å². The van der Waals surface area contributed by atoms with Crippen LogP contribution in [0.15, 0.2) is 66.9 Å². The van der Waals surface area contributed by atoms with Crippen molar-refractivity contribution in [2.24, 2.45) is 0 Å². The normalized spacial score (nSPS) is 11.5. The summed E-state index contributed by atoms with van der Waals surface area (Å²) >= 11 is 0. The van der Waals surface area contributed by atoms with Gasteiger partial charge in [0.1, 0.15) is 0 Å². The third-order valence-electron chi connectivity index (χ3n) is 4.15. The average Bonchev–Trinajstić information content (AvgIpc) is 3.08. The van der Waals surface area contributed by atoms with E-state index in [9.17, 15) is 4.79 Å². The van der Waals surface area contributed by atoms with Crippen LogP contribution in [-0.4, -0.2) is 15.8 Å². The van der Waals surface area contributed by atoms with Crippen molar-refractivity contribution in [3.05, 3.63) is 83.7 Å². The molecule has 2 aromatic heterocycles. The zero-order valence-electron chi connectivity index (χ0n) is 13.3. The van der Waals surface area contributed by atoms with Crippen LogP contribution in [0.3, 0.4) is 0 Å². The smallest absolute Gasteiger partial charge is 0.186 e. The second-order valence-corrected chi connectivity index (χ2v) is 5.81. The Bertz CT molecular complexity index is 1090. The molecule has 0 aliphatic heterocycles. The number of aryl methyl sites for hydroxylation is 1. The number of fused-ring (bicyclic) bond motifs is 2. The predicted molar refractivity (Wildman–Crippen MR) is 98.1 cm³/mol. The molecule has 0 saturated carbocycles. The highest BCUT2D eigenvalue weighted by molar-refractivity contribution is 6.14. The van der Waals surface area contributed by atoms with Gasteiger partial charge in [-0.2, -0.15) is 0 Å². The Labute approximate surface area is 139 Å². The Hall–Kier alpha value is -3.20. The lowest BCUT2D eigenvalue weighted by atomic mass is 10.0. The number of carbonyl (C=O) groups is 1. The van der Waals surface area contributed by atoms with Crippen LogP contribution >= 0.6 is 0 Å². The maximum absolute atomic E-state index is 12.7. The van der Waals surface area contributed by atoms with E-state index in [0.29, 0.717) is 5.56 Å². The number of benzene rings is 2. The molecule has 2 aromatic carbocycles. The van der Waals surface area contributed by atoms with Gasteiger partial charge in [-0.15, -0.1) is 0 Å². The summed E-state index contributed by atoms with van der Waals surface area (Å²) < 4.78 is 0. The number of H-pyrrole nitrogens is 1. The van der Waals surface area contributed by atoms with Crippen LogP contribution in [-0.2, 0) is 0 Å². The summed E-state index contributed by atoms with van der Waals surface area (Å²) in [6.07, 6.45) is 5.43. The lowest BCUT2D eigenvalue weighted by Gasteiger charge is -2.05. The number of ketones is 1. The summed E-state index contributed by atoms with van der Waals surface area (Å²) in [6.45, 7) is 1.91. The van der Waals surface area contributed by atoms with E-state index < -0.39 is 0 Å². The summed E-state index contributed by atoms with van der Waals surface area (Å²) in [4.78, 5) is 20.4. The van der Waals surface area contributed by atoms with Crippen LogP contribution in [0.1, 0.15) is 21.6 Å². The van der Waals surface area contributed by atoms with Gasteiger partial charge in [0.2, 0.25) is 0 Å². The molecule has 4 aromatic rings. The van der Waals surface area contributed by atoms with E-state index in [2.05, 4.69) is 9.97 Å². The van der Waals surface area contributed by atoms with E-state index in [1.165, 1.54) is 0 Å². The maximum atomic E-state index is 12.7. The van der Waals surface area contributed by atoms with Gasteiger partial charge in [-0.3, -0.25) is 9.78 Å². The molecule has 0 unspecified atom stereocenters. The lowest BCUT2D eigenvalue weighted by molar-refractivity contribution is 0.104. The van der Waals surface area contributed by atoms with Crippen molar-refractivity contribution in [1.82, 2.24) is 9.97 Å². The number of rotatable bonds is 3. The molecule has 0 amide bonds. The van der Waals surface area contributed by atoms with Gasteiger partial charge in [-0.1, -0.05) is 36.4 Å². The van der Waals surface area contributed by atoms with Gasteiger partial charge in [0.15, 0.2) is 5.78 Å². The number of allylic oxidation sites excluding steroid dienone is 1. The molecule has 0 fully saturated rings. The number of hydrogen-bond acceptors (Lipinski definition) is 2. The van der Waals surface area contributed by atoms with Gasteiger partial charge in [-0.05, 0) is 42.8 Å². The second-order valence-electron chi connectivity index (χ2n) is 5.81. The van der Waals surface area contributed by atoms with Crippen LogP contribution in [0.4, 0.5) is 0 Å². The zero-order chi connectivity index (χ0) is 16.5. The van der Waals surface area contributed by atoms with E-state index in [-0.39, 0.29) is 5.78 Å². The molecule has 3 nitrogen and oxygen atoms in total. The number of aromatic nitrogens is 2. The first kappa shape index (κ1) is 14.4. The van der Waals surface area contributed by atoms with Gasteiger partial charge >= 0.3 is 0 Å². The highest BCUT2D eigenvalue weighted by atomic mass is 16.1. The largest absolute Gasteiger partial charge is 0.361 e. The highest BCUT2D eigenvalue weighted by Crippen LogP contribution is 2.21. The van der Waals surface area contributed by atoms with E-state index in [1.54, 1.807) is 6.08 Å². The fraction of sp³-hybridized carbons (Fsp3) is 0.0476. The van der Waals surface area contributed by atoms with Crippen molar-refractivity contribution in [2.75, 3.05) is 0 Å². The maximum Gasteiger partial charge on any atom is 0.186 e. The van der Waals surface area contributed by atoms with Crippen molar-refractivity contribution >= 4 is 33.7 Å². The molecule has 0 aliphatic rings. The Kier molecular flexibility index (Phi) is 3.47. The summed E-state index contributed by atoms with van der Waals surface area (Å²) in [5, 5.41) is 2.00. The molecule has 4 rings (SSSR count). The molecule has 3 heteroatoms. The quantitative estimate of drug-likeness (QED) is 0.431. The standard InChI is InChI=1S/C21H16N2O/c1-14-13-18(17-6-2-3-7-20(17)23-14)21(24)10-9-15-5-4-8-19-16(15)11-12-22-19/h2-13,22H,1H3/b10-9+. The molecule has 116 valence electrons. The predicted octanol–water partition coefficient (Wildman–Crippen LogP) is 4.92. The lowest BCUT2D eigenvalue weighted by Crippen LogP contribution is -1.98. The number of aromatic amines is 1. The molecule has 0 atom stereocenters. The first-order valence-corrected chi connectivity index (χ1v) is 7.87. The molecule has 0 aliphatic carbocycles. The topological polar surface area (TPSA) is 45.8 Å². The molecule has 2 heterocycles. The van der Waals surface area contributed by atoms with E-state index in [1.807, 2.05) is 73.8 Å². The molecule has 0 bridgehead atoms. The number of para-hydroxylation sites is 1. The minimum absolute atomic E-state index is 0.00996. The third kappa shape index (κ3) is 2.50. The Morgan fingerprint density at radius 1 is 1.04 bits per heavy atom. The van der Waals surface area contributed by atoms with E-state index >= 15 is 0 Å². The summed E-state index contributed by atoms with van der Waals surface area (Å²) in [5.74, 6) is -0.00996. The number of hydrogen-bond donors (Lipinski definition) is 1. The van der Waals surface area contributed by atoms with Crippen LogP contribution in [0.25, 0.3) is 27.9 Å².